The molecule has 1 aromatic heterocycles. The molecule has 1 aliphatic rings. The second kappa shape index (κ2) is 4.14. The third-order valence-corrected chi connectivity index (χ3v) is 4.56. The summed E-state index contributed by atoms with van der Waals surface area (Å²) in [6, 6.07) is 5.13. The topological polar surface area (TPSA) is 27.8 Å². The minimum Gasteiger partial charge on any atom is -0.356 e. The van der Waals surface area contributed by atoms with Crippen molar-refractivity contribution in [1.82, 2.24) is 10.3 Å². The van der Waals surface area contributed by atoms with Crippen molar-refractivity contribution in [1.29, 1.82) is 0 Å². The van der Waals surface area contributed by atoms with Crippen molar-refractivity contribution in [2.24, 2.45) is 0 Å². The van der Waals surface area contributed by atoms with Gasteiger partial charge < -0.3 is 10.3 Å². The van der Waals surface area contributed by atoms with Crippen molar-refractivity contribution in [2.75, 3.05) is 0 Å². The summed E-state index contributed by atoms with van der Waals surface area (Å²) in [6.07, 6.45) is 2.66. The predicted octanol–water partition coefficient (Wildman–Crippen LogP) is 3.80. The van der Waals surface area contributed by atoms with Gasteiger partial charge in [0.05, 0.1) is 5.52 Å². The largest absolute Gasteiger partial charge is 0.356 e. The molecule has 0 atom stereocenters. The van der Waals surface area contributed by atoms with E-state index in [2.05, 4.69) is 52.2 Å². The highest BCUT2D eigenvalue weighted by Crippen LogP contribution is 2.31. The summed E-state index contributed by atoms with van der Waals surface area (Å²) in [5, 5.41) is 4.84. The summed E-state index contributed by atoms with van der Waals surface area (Å²) < 4.78 is 1.21. The Hall–Kier alpha value is -0.800. The first-order chi connectivity index (χ1) is 8.16. The molecule has 3 heteroatoms. The molecule has 0 spiro atoms. The summed E-state index contributed by atoms with van der Waals surface area (Å²) in [5.41, 5.74) is 5.22. The van der Waals surface area contributed by atoms with Gasteiger partial charge >= 0.3 is 0 Å². The summed E-state index contributed by atoms with van der Waals surface area (Å²) in [5.74, 6) is 0. The van der Waals surface area contributed by atoms with E-state index in [9.17, 15) is 0 Å². The molecule has 0 unspecified atom stereocenters. The Balaban J connectivity index is 2.01. The van der Waals surface area contributed by atoms with Crippen LogP contribution in [0.25, 0.3) is 10.9 Å². The standard InChI is InChI=1S/C14H17BrN2/c1-8-3-6-11-13(15)12(7-16-10-4-5-10)17-14(11)9(8)2/h3,6,10,16-17H,4-5,7H2,1-2H3. The Bertz CT molecular complexity index is 567. The number of aromatic amines is 1. The second-order valence-electron chi connectivity index (χ2n) is 5.00. The maximum absolute atomic E-state index is 3.71. The van der Waals surface area contributed by atoms with E-state index in [4.69, 9.17) is 0 Å². The fraction of sp³-hybridized carbons (Fsp3) is 0.429. The van der Waals surface area contributed by atoms with Crippen LogP contribution in [0.3, 0.4) is 0 Å². The highest BCUT2D eigenvalue weighted by atomic mass is 79.9. The Morgan fingerprint density at radius 2 is 2.12 bits per heavy atom. The van der Waals surface area contributed by atoms with Crippen LogP contribution in [0.15, 0.2) is 16.6 Å². The monoisotopic (exact) mass is 292 g/mol. The van der Waals surface area contributed by atoms with E-state index >= 15 is 0 Å². The van der Waals surface area contributed by atoms with Crippen molar-refractivity contribution in [3.8, 4) is 0 Å². The maximum atomic E-state index is 3.71. The number of rotatable bonds is 3. The van der Waals surface area contributed by atoms with E-state index in [-0.39, 0.29) is 0 Å². The zero-order valence-corrected chi connectivity index (χ0v) is 11.8. The fourth-order valence-electron chi connectivity index (χ4n) is 2.18. The van der Waals surface area contributed by atoms with E-state index in [1.165, 1.54) is 45.0 Å². The van der Waals surface area contributed by atoms with Crippen LogP contribution in [-0.4, -0.2) is 11.0 Å². The molecule has 1 fully saturated rings. The number of hydrogen-bond acceptors (Lipinski definition) is 1. The minimum absolute atomic E-state index is 0.746. The minimum atomic E-state index is 0.746. The molecule has 0 aliphatic heterocycles. The quantitative estimate of drug-likeness (QED) is 0.885. The molecule has 1 heterocycles. The van der Waals surface area contributed by atoms with Gasteiger partial charge in [0.2, 0.25) is 0 Å². The number of H-pyrrole nitrogens is 1. The van der Waals surface area contributed by atoms with Crippen LogP contribution in [0.2, 0.25) is 0 Å². The zero-order chi connectivity index (χ0) is 12.0. The van der Waals surface area contributed by atoms with Crippen molar-refractivity contribution in [3.05, 3.63) is 33.4 Å². The summed E-state index contributed by atoms with van der Waals surface area (Å²) in [6.45, 7) is 5.27. The molecule has 0 bridgehead atoms. The first-order valence-corrected chi connectivity index (χ1v) is 6.95. The molecule has 2 N–H and O–H groups in total. The molecule has 1 aromatic carbocycles. The smallest absolute Gasteiger partial charge is 0.0500 e. The van der Waals surface area contributed by atoms with Gasteiger partial charge in [-0.1, -0.05) is 12.1 Å². The molecule has 2 nitrogen and oxygen atoms in total. The first-order valence-electron chi connectivity index (χ1n) is 6.16. The Morgan fingerprint density at radius 3 is 2.82 bits per heavy atom. The lowest BCUT2D eigenvalue weighted by Gasteiger charge is -2.00. The molecule has 0 saturated heterocycles. The summed E-state index contributed by atoms with van der Waals surface area (Å²) in [4.78, 5) is 3.55. The fourth-order valence-corrected chi connectivity index (χ4v) is 2.75. The van der Waals surface area contributed by atoms with Gasteiger partial charge in [-0.3, -0.25) is 0 Å². The van der Waals surface area contributed by atoms with Gasteiger partial charge in [0.15, 0.2) is 0 Å². The molecular formula is C14H17BrN2. The number of nitrogens with one attached hydrogen (secondary N) is 2. The predicted molar refractivity (Wildman–Crippen MR) is 75.3 cm³/mol. The van der Waals surface area contributed by atoms with Crippen LogP contribution in [-0.2, 0) is 6.54 Å². The number of aryl methyl sites for hydroxylation is 2. The summed E-state index contributed by atoms with van der Waals surface area (Å²) in [7, 11) is 0. The molecule has 1 aliphatic carbocycles. The lowest BCUT2D eigenvalue weighted by Crippen LogP contribution is -2.15. The molecule has 3 rings (SSSR count). The van der Waals surface area contributed by atoms with E-state index in [0.29, 0.717) is 0 Å². The van der Waals surface area contributed by atoms with Crippen molar-refractivity contribution >= 4 is 26.8 Å². The van der Waals surface area contributed by atoms with E-state index < -0.39 is 0 Å². The summed E-state index contributed by atoms with van der Waals surface area (Å²) >= 11 is 3.71. The van der Waals surface area contributed by atoms with Gasteiger partial charge in [-0.05, 0) is 53.7 Å². The van der Waals surface area contributed by atoms with Crippen LogP contribution in [0.1, 0.15) is 29.7 Å². The van der Waals surface area contributed by atoms with Crippen molar-refractivity contribution < 1.29 is 0 Å². The molecule has 90 valence electrons. The Kier molecular flexibility index (Phi) is 2.75. The third kappa shape index (κ3) is 2.02. The molecule has 17 heavy (non-hydrogen) atoms. The number of fused-ring (bicyclic) bond motifs is 1. The van der Waals surface area contributed by atoms with Crippen LogP contribution in [0.4, 0.5) is 0 Å². The van der Waals surface area contributed by atoms with Gasteiger partial charge in [-0.2, -0.15) is 0 Å². The SMILES string of the molecule is Cc1ccc2c(Br)c(CNC3CC3)[nH]c2c1C. The highest BCUT2D eigenvalue weighted by molar-refractivity contribution is 9.10. The van der Waals surface area contributed by atoms with E-state index in [1.807, 2.05) is 0 Å². The molecule has 0 amide bonds. The first kappa shape index (κ1) is 11.3. The zero-order valence-electron chi connectivity index (χ0n) is 10.2. The lowest BCUT2D eigenvalue weighted by molar-refractivity contribution is 0.676. The van der Waals surface area contributed by atoms with Gasteiger partial charge in [-0.25, -0.2) is 0 Å². The number of aromatic nitrogens is 1. The van der Waals surface area contributed by atoms with E-state index in [0.717, 1.165) is 12.6 Å². The molecular weight excluding hydrogens is 276 g/mol. The average Bonchev–Trinajstić information content (AvgIpc) is 3.08. The second-order valence-corrected chi connectivity index (χ2v) is 5.80. The Morgan fingerprint density at radius 1 is 1.35 bits per heavy atom. The Labute approximate surface area is 110 Å². The van der Waals surface area contributed by atoms with Gasteiger partial charge in [0, 0.05) is 28.1 Å². The van der Waals surface area contributed by atoms with Crippen LogP contribution >= 0.6 is 15.9 Å². The van der Waals surface area contributed by atoms with Gasteiger partial charge in [0.25, 0.3) is 0 Å². The van der Waals surface area contributed by atoms with Crippen LogP contribution < -0.4 is 5.32 Å². The highest BCUT2D eigenvalue weighted by Gasteiger charge is 2.21. The van der Waals surface area contributed by atoms with Gasteiger partial charge in [-0.15, -0.1) is 0 Å². The van der Waals surface area contributed by atoms with Crippen molar-refractivity contribution in [3.63, 3.8) is 0 Å². The van der Waals surface area contributed by atoms with Crippen LogP contribution in [0, 0.1) is 13.8 Å². The van der Waals surface area contributed by atoms with Crippen LogP contribution in [0.5, 0.6) is 0 Å². The number of hydrogen-bond donors (Lipinski definition) is 2. The molecule has 0 radical (unpaired) electrons. The van der Waals surface area contributed by atoms with E-state index in [1.54, 1.807) is 0 Å². The van der Waals surface area contributed by atoms with Crippen molar-refractivity contribution in [2.45, 2.75) is 39.3 Å². The lowest BCUT2D eigenvalue weighted by atomic mass is 10.1. The van der Waals surface area contributed by atoms with Gasteiger partial charge in [0.1, 0.15) is 0 Å². The number of halogens is 1. The average molecular weight is 293 g/mol. The molecule has 1 saturated carbocycles. The maximum Gasteiger partial charge on any atom is 0.0500 e. The number of benzene rings is 1. The molecule has 2 aromatic rings. The normalized spacial score (nSPS) is 15.7. The third-order valence-electron chi connectivity index (χ3n) is 3.66.